The molecular formula is C20H17BrF3N3O3S2. The van der Waals surface area contributed by atoms with Crippen molar-refractivity contribution in [3.05, 3.63) is 58.4 Å². The lowest BCUT2D eigenvalue weighted by molar-refractivity contribution is -0.274. The number of ether oxygens (including phenoxy) is 1. The molecule has 1 aliphatic heterocycles. The second-order valence-corrected chi connectivity index (χ2v) is 10.6. The molecule has 1 aromatic heterocycles. The average molecular weight is 548 g/mol. The van der Waals surface area contributed by atoms with Gasteiger partial charge in [-0.3, -0.25) is 0 Å². The lowest BCUT2D eigenvalue weighted by Gasteiger charge is -2.33. The molecule has 4 rings (SSSR count). The van der Waals surface area contributed by atoms with Gasteiger partial charge < -0.3 is 9.64 Å². The van der Waals surface area contributed by atoms with E-state index in [0.717, 1.165) is 45.1 Å². The van der Waals surface area contributed by atoms with Crippen LogP contribution in [0, 0.1) is 0 Å². The number of benzene rings is 2. The number of halogens is 4. The Morgan fingerprint density at radius 3 is 2.34 bits per heavy atom. The predicted octanol–water partition coefficient (Wildman–Crippen LogP) is 4.98. The number of nitrogens with zero attached hydrogens (tertiary/aromatic N) is 3. The minimum atomic E-state index is -4.83. The molecule has 1 saturated heterocycles. The van der Waals surface area contributed by atoms with Crippen LogP contribution in [0.2, 0.25) is 0 Å². The first kappa shape index (κ1) is 23.0. The molecule has 0 amide bonds. The lowest BCUT2D eigenvalue weighted by Crippen LogP contribution is -2.48. The van der Waals surface area contributed by atoms with Crippen LogP contribution in [-0.4, -0.2) is 50.2 Å². The number of hydrogen-bond acceptors (Lipinski definition) is 6. The highest BCUT2D eigenvalue weighted by atomic mass is 79.9. The van der Waals surface area contributed by atoms with Crippen molar-refractivity contribution in [3.8, 4) is 17.0 Å². The number of thiazole rings is 1. The SMILES string of the molecule is O=S(=O)(c1ccc(OC(F)(F)F)cc1)N1CCN(c2nc(-c3cccc(Br)c3)cs2)CC1. The van der Waals surface area contributed by atoms with Crippen LogP contribution in [0.3, 0.4) is 0 Å². The highest BCUT2D eigenvalue weighted by Gasteiger charge is 2.32. The first-order valence-corrected chi connectivity index (χ1v) is 12.6. The molecule has 0 radical (unpaired) electrons. The normalized spacial score (nSPS) is 15.7. The van der Waals surface area contributed by atoms with Gasteiger partial charge in [0.15, 0.2) is 5.13 Å². The molecule has 3 aromatic rings. The highest BCUT2D eigenvalue weighted by molar-refractivity contribution is 9.10. The van der Waals surface area contributed by atoms with Crippen molar-refractivity contribution in [1.82, 2.24) is 9.29 Å². The second-order valence-electron chi connectivity index (χ2n) is 6.94. The smallest absolute Gasteiger partial charge is 0.406 e. The van der Waals surface area contributed by atoms with Gasteiger partial charge >= 0.3 is 6.36 Å². The maximum Gasteiger partial charge on any atom is 0.573 e. The zero-order valence-corrected chi connectivity index (χ0v) is 19.6. The Balaban J connectivity index is 1.41. The first-order valence-electron chi connectivity index (χ1n) is 9.44. The number of aromatic nitrogens is 1. The molecule has 1 fully saturated rings. The largest absolute Gasteiger partial charge is 0.573 e. The summed E-state index contributed by atoms with van der Waals surface area (Å²) in [5.74, 6) is -0.466. The van der Waals surface area contributed by atoms with Crippen molar-refractivity contribution < 1.29 is 26.3 Å². The highest BCUT2D eigenvalue weighted by Crippen LogP contribution is 2.30. The summed E-state index contributed by atoms with van der Waals surface area (Å²) in [5, 5.41) is 2.77. The summed E-state index contributed by atoms with van der Waals surface area (Å²) in [5.41, 5.74) is 1.84. The van der Waals surface area contributed by atoms with Gasteiger partial charge in [-0.05, 0) is 36.4 Å². The van der Waals surface area contributed by atoms with Gasteiger partial charge in [-0.2, -0.15) is 4.31 Å². The van der Waals surface area contributed by atoms with E-state index in [4.69, 9.17) is 0 Å². The fraction of sp³-hybridized carbons (Fsp3) is 0.250. The molecule has 0 unspecified atom stereocenters. The molecule has 170 valence electrons. The van der Waals surface area contributed by atoms with Crippen LogP contribution >= 0.6 is 27.3 Å². The van der Waals surface area contributed by atoms with E-state index >= 15 is 0 Å². The fourth-order valence-electron chi connectivity index (χ4n) is 3.27. The summed E-state index contributed by atoms with van der Waals surface area (Å²) >= 11 is 4.94. The molecule has 1 aliphatic rings. The van der Waals surface area contributed by atoms with Crippen LogP contribution in [0.25, 0.3) is 11.3 Å². The van der Waals surface area contributed by atoms with Crippen molar-refractivity contribution >= 4 is 42.4 Å². The zero-order valence-electron chi connectivity index (χ0n) is 16.4. The molecule has 2 aromatic carbocycles. The number of rotatable bonds is 5. The minimum absolute atomic E-state index is 0.0772. The second kappa shape index (κ2) is 9.00. The standard InChI is InChI=1S/C20H17BrF3N3O3S2/c21-15-3-1-2-14(12-15)18-13-31-19(25-18)26-8-10-27(11-9-26)32(28,29)17-6-4-16(5-7-17)30-20(22,23)24/h1-7,12-13H,8-11H2. The molecule has 12 heteroatoms. The number of anilines is 1. The van der Waals surface area contributed by atoms with Crippen LogP contribution in [0.1, 0.15) is 0 Å². The quantitative estimate of drug-likeness (QED) is 0.450. The summed E-state index contributed by atoms with van der Waals surface area (Å²) in [6.45, 7) is 1.41. The topological polar surface area (TPSA) is 62.7 Å². The van der Waals surface area contributed by atoms with Crippen LogP contribution < -0.4 is 9.64 Å². The van der Waals surface area contributed by atoms with E-state index in [9.17, 15) is 21.6 Å². The Morgan fingerprint density at radius 1 is 1.03 bits per heavy atom. The summed E-state index contributed by atoms with van der Waals surface area (Å²) in [7, 11) is -3.82. The van der Waals surface area contributed by atoms with Gasteiger partial charge in [0.1, 0.15) is 5.75 Å². The molecule has 0 aliphatic carbocycles. The van der Waals surface area contributed by atoms with Gasteiger partial charge in [-0.15, -0.1) is 24.5 Å². The van der Waals surface area contributed by atoms with Gasteiger partial charge in [0.25, 0.3) is 0 Å². The van der Waals surface area contributed by atoms with Crippen LogP contribution in [0.15, 0.2) is 63.3 Å². The molecule has 0 spiro atoms. The third-order valence-electron chi connectivity index (χ3n) is 4.82. The maximum absolute atomic E-state index is 12.9. The number of alkyl halides is 3. The average Bonchev–Trinajstić information content (AvgIpc) is 3.23. The Hall–Kier alpha value is -2.15. The summed E-state index contributed by atoms with van der Waals surface area (Å²) in [4.78, 5) is 6.63. The van der Waals surface area contributed by atoms with E-state index in [1.807, 2.05) is 34.5 Å². The van der Waals surface area contributed by atoms with Crippen LogP contribution in [0.4, 0.5) is 18.3 Å². The maximum atomic E-state index is 12.9. The summed E-state index contributed by atoms with van der Waals surface area (Å²) < 4.78 is 68.7. The zero-order chi connectivity index (χ0) is 22.9. The molecule has 32 heavy (non-hydrogen) atoms. The van der Waals surface area contributed by atoms with Gasteiger partial charge in [0.2, 0.25) is 10.0 Å². The molecular weight excluding hydrogens is 531 g/mol. The molecule has 0 bridgehead atoms. The van der Waals surface area contributed by atoms with Crippen molar-refractivity contribution in [2.45, 2.75) is 11.3 Å². The van der Waals surface area contributed by atoms with Crippen molar-refractivity contribution in [1.29, 1.82) is 0 Å². The third-order valence-corrected chi connectivity index (χ3v) is 8.12. The number of piperazine rings is 1. The van der Waals surface area contributed by atoms with Crippen molar-refractivity contribution in [2.75, 3.05) is 31.1 Å². The first-order chi connectivity index (χ1) is 15.1. The molecule has 2 heterocycles. The van der Waals surface area contributed by atoms with E-state index in [1.54, 1.807) is 0 Å². The Bertz CT molecular complexity index is 1190. The van der Waals surface area contributed by atoms with Crippen LogP contribution in [0.5, 0.6) is 5.75 Å². The van der Waals surface area contributed by atoms with Gasteiger partial charge in [-0.25, -0.2) is 13.4 Å². The Labute approximate surface area is 195 Å². The van der Waals surface area contributed by atoms with Crippen molar-refractivity contribution in [3.63, 3.8) is 0 Å². The van der Waals surface area contributed by atoms with Gasteiger partial charge in [0.05, 0.1) is 10.6 Å². The lowest BCUT2D eigenvalue weighted by atomic mass is 10.2. The van der Waals surface area contributed by atoms with E-state index in [-0.39, 0.29) is 18.0 Å². The minimum Gasteiger partial charge on any atom is -0.406 e. The molecule has 0 saturated carbocycles. The Kier molecular flexibility index (Phi) is 6.48. The van der Waals surface area contributed by atoms with Gasteiger partial charge in [0, 0.05) is 41.6 Å². The summed E-state index contributed by atoms with van der Waals surface area (Å²) in [6.07, 6.45) is -4.83. The number of hydrogen-bond donors (Lipinski definition) is 0. The Morgan fingerprint density at radius 2 is 1.72 bits per heavy atom. The predicted molar refractivity (Wildman–Crippen MR) is 119 cm³/mol. The molecule has 6 nitrogen and oxygen atoms in total. The molecule has 0 atom stereocenters. The van der Waals surface area contributed by atoms with E-state index < -0.39 is 22.1 Å². The van der Waals surface area contributed by atoms with Crippen LogP contribution in [-0.2, 0) is 10.0 Å². The van der Waals surface area contributed by atoms with E-state index in [2.05, 4.69) is 25.7 Å². The van der Waals surface area contributed by atoms with E-state index in [1.165, 1.54) is 15.6 Å². The summed E-state index contributed by atoms with van der Waals surface area (Å²) in [6, 6.07) is 12.1. The molecule has 0 N–H and O–H groups in total. The number of sulfonamides is 1. The fourth-order valence-corrected chi connectivity index (χ4v) is 5.98. The van der Waals surface area contributed by atoms with E-state index in [0.29, 0.717) is 13.1 Å². The monoisotopic (exact) mass is 547 g/mol. The van der Waals surface area contributed by atoms with Gasteiger partial charge in [-0.1, -0.05) is 28.1 Å². The third kappa shape index (κ3) is 5.25. The van der Waals surface area contributed by atoms with Crippen molar-refractivity contribution in [2.24, 2.45) is 0 Å².